The number of aromatic nitrogens is 9. The summed E-state index contributed by atoms with van der Waals surface area (Å²) in [5.41, 5.74) is 3.11. The second kappa shape index (κ2) is 7.90. The summed E-state index contributed by atoms with van der Waals surface area (Å²) in [6.07, 6.45) is 3.65. The number of nitrogens with one attached hydrogen (secondary N) is 2. The van der Waals surface area contributed by atoms with Crippen LogP contribution in [-0.4, -0.2) is 44.9 Å². The Morgan fingerprint density at radius 3 is 2.82 bits per heavy atom. The number of hydrogen-bond acceptors (Lipinski definition) is 6. The highest BCUT2D eigenvalue weighted by atomic mass is 35.5. The Bertz CT molecular complexity index is 1990. The highest BCUT2D eigenvalue weighted by molar-refractivity contribution is 6.31. The number of benzene rings is 2. The molecule has 3 atom stereocenters. The van der Waals surface area contributed by atoms with Crippen LogP contribution in [0.1, 0.15) is 29.9 Å². The van der Waals surface area contributed by atoms with Crippen molar-refractivity contribution in [2.24, 2.45) is 5.92 Å². The first kappa shape index (κ1) is 22.3. The van der Waals surface area contributed by atoms with Crippen molar-refractivity contribution in [2.45, 2.75) is 18.4 Å². The van der Waals surface area contributed by atoms with Crippen LogP contribution in [0.5, 0.6) is 0 Å². The van der Waals surface area contributed by atoms with Gasteiger partial charge in [-0.3, -0.25) is 9.89 Å². The number of rotatable bonds is 4. The molecule has 39 heavy (non-hydrogen) atoms. The first-order valence-corrected chi connectivity index (χ1v) is 12.5. The maximum atomic E-state index is 15.2. The molecular weight excluding hydrogens is 528 g/mol. The molecule has 1 saturated carbocycles. The third kappa shape index (κ3) is 3.24. The van der Waals surface area contributed by atoms with Crippen LogP contribution in [0.25, 0.3) is 39.0 Å². The largest absolute Gasteiger partial charge is 0.338 e. The fraction of sp³-hybridized carbons (Fsp3) is 0.154. The number of pyridine rings is 1. The van der Waals surface area contributed by atoms with Gasteiger partial charge in [0.05, 0.1) is 28.8 Å². The summed E-state index contributed by atoms with van der Waals surface area (Å²) in [6.45, 7) is 0. The van der Waals surface area contributed by atoms with Crippen molar-refractivity contribution in [2.75, 3.05) is 0 Å². The number of imidazole rings is 1. The maximum absolute atomic E-state index is 15.2. The summed E-state index contributed by atoms with van der Waals surface area (Å²) in [5.74, 6) is -0.951. The zero-order valence-electron chi connectivity index (χ0n) is 19.8. The van der Waals surface area contributed by atoms with Crippen molar-refractivity contribution in [1.82, 2.24) is 44.9 Å². The quantitative estimate of drug-likeness (QED) is 0.340. The average Bonchev–Trinajstić information content (AvgIpc) is 3.37. The van der Waals surface area contributed by atoms with Crippen molar-refractivity contribution in [3.05, 3.63) is 93.6 Å². The first-order valence-electron chi connectivity index (χ1n) is 12.1. The van der Waals surface area contributed by atoms with Gasteiger partial charge in [-0.25, -0.2) is 9.37 Å². The Morgan fingerprint density at radius 1 is 1.08 bits per heavy atom. The topological polar surface area (TPSA) is 123 Å². The SMILES string of the molecule is O=c1cc(-c2cc(Cl)ccc2-n2cnnn2)cc2n1C(c1nc(F)c(-c3ccc4[nH]ncc4c3F)[nH]1)C1CC21. The van der Waals surface area contributed by atoms with Gasteiger partial charge in [-0.2, -0.15) is 14.2 Å². The molecule has 0 saturated heterocycles. The molecule has 0 radical (unpaired) electrons. The highest BCUT2D eigenvalue weighted by Crippen LogP contribution is 2.60. The Labute approximate surface area is 222 Å². The fourth-order valence-electron chi connectivity index (χ4n) is 5.83. The summed E-state index contributed by atoms with van der Waals surface area (Å²) in [6, 6.07) is 11.4. The van der Waals surface area contributed by atoms with E-state index in [0.717, 1.165) is 12.1 Å². The van der Waals surface area contributed by atoms with Gasteiger partial charge in [0.2, 0.25) is 5.95 Å². The summed E-state index contributed by atoms with van der Waals surface area (Å²) in [4.78, 5) is 20.7. The number of H-pyrrole nitrogens is 2. The van der Waals surface area contributed by atoms with Gasteiger partial charge >= 0.3 is 0 Å². The molecule has 8 rings (SSSR count). The van der Waals surface area contributed by atoms with E-state index in [1.165, 1.54) is 29.3 Å². The number of aromatic amines is 2. The highest BCUT2D eigenvalue weighted by Gasteiger charge is 2.54. The molecule has 3 unspecified atom stereocenters. The minimum atomic E-state index is -0.827. The normalized spacial score (nSPS) is 19.4. The molecule has 6 aromatic rings. The molecule has 0 amide bonds. The number of halogens is 3. The van der Waals surface area contributed by atoms with Crippen LogP contribution in [0.3, 0.4) is 0 Å². The molecule has 2 aromatic carbocycles. The molecule has 0 spiro atoms. The number of nitrogens with zero attached hydrogens (tertiary/aromatic N) is 7. The van der Waals surface area contributed by atoms with Crippen molar-refractivity contribution >= 4 is 22.5 Å². The molecule has 0 bridgehead atoms. The number of hydrogen-bond donors (Lipinski definition) is 2. The predicted octanol–water partition coefficient (Wildman–Crippen LogP) is 4.40. The lowest BCUT2D eigenvalue weighted by atomic mass is 10.0. The average molecular weight is 544 g/mol. The van der Waals surface area contributed by atoms with Gasteiger partial charge in [-0.05, 0) is 64.7 Å². The van der Waals surface area contributed by atoms with Crippen LogP contribution in [-0.2, 0) is 0 Å². The lowest BCUT2D eigenvalue weighted by Gasteiger charge is -2.17. The van der Waals surface area contributed by atoms with Gasteiger partial charge in [0.25, 0.3) is 5.56 Å². The van der Waals surface area contributed by atoms with Gasteiger partial charge in [-0.1, -0.05) is 11.6 Å². The number of fused-ring (bicyclic) bond motifs is 4. The third-order valence-corrected chi connectivity index (χ3v) is 7.89. The molecule has 1 fully saturated rings. The Morgan fingerprint density at radius 2 is 1.97 bits per heavy atom. The molecule has 5 heterocycles. The van der Waals surface area contributed by atoms with Crippen LogP contribution in [0.4, 0.5) is 8.78 Å². The second-order valence-corrected chi connectivity index (χ2v) is 10.2. The monoisotopic (exact) mass is 543 g/mol. The molecule has 10 nitrogen and oxygen atoms in total. The van der Waals surface area contributed by atoms with E-state index in [4.69, 9.17) is 11.6 Å². The van der Waals surface area contributed by atoms with E-state index in [1.807, 2.05) is 6.07 Å². The fourth-order valence-corrected chi connectivity index (χ4v) is 6.01. The lowest BCUT2D eigenvalue weighted by Crippen LogP contribution is -2.26. The molecular formula is C26H16ClF2N9O. The zero-order chi connectivity index (χ0) is 26.4. The van der Waals surface area contributed by atoms with Gasteiger partial charge in [0, 0.05) is 33.8 Å². The summed E-state index contributed by atoms with van der Waals surface area (Å²) in [5, 5.41) is 18.7. The standard InChI is InChI=1S/C26H16ClF2N9O/c27-12-1-4-19(37-10-31-35-36-37)14(7-12)11-5-20-15-8-16(15)24(38(20)21(39)6-11)26-32-23(25(29)33-26)13-2-3-18-17(22(13)28)9-30-34-18/h1-7,9-10,15-16,24H,8H2,(H,30,34)(H,32,33). The van der Waals surface area contributed by atoms with E-state index in [-0.39, 0.29) is 39.9 Å². The van der Waals surface area contributed by atoms with Crippen molar-refractivity contribution in [3.8, 4) is 28.1 Å². The smallest absolute Gasteiger partial charge is 0.252 e. The molecule has 2 N–H and O–H groups in total. The van der Waals surface area contributed by atoms with E-state index in [0.29, 0.717) is 27.4 Å². The summed E-state index contributed by atoms with van der Waals surface area (Å²) >= 11 is 6.31. The maximum Gasteiger partial charge on any atom is 0.252 e. The molecule has 1 aliphatic carbocycles. The van der Waals surface area contributed by atoms with Gasteiger partial charge in [0.1, 0.15) is 23.7 Å². The van der Waals surface area contributed by atoms with Gasteiger partial charge in [-0.15, -0.1) is 5.10 Å². The second-order valence-electron chi connectivity index (χ2n) is 9.79. The Hall–Kier alpha value is -4.71. The van der Waals surface area contributed by atoms with E-state index in [9.17, 15) is 4.79 Å². The summed E-state index contributed by atoms with van der Waals surface area (Å²) < 4.78 is 33.4. The van der Waals surface area contributed by atoms with Gasteiger partial charge < -0.3 is 9.55 Å². The first-order chi connectivity index (χ1) is 19.0. The molecule has 2 aliphatic rings. The van der Waals surface area contributed by atoms with E-state index >= 15 is 8.78 Å². The van der Waals surface area contributed by atoms with E-state index in [2.05, 4.69) is 35.7 Å². The third-order valence-electron chi connectivity index (χ3n) is 7.65. The van der Waals surface area contributed by atoms with Crippen molar-refractivity contribution in [3.63, 3.8) is 0 Å². The molecule has 192 valence electrons. The Balaban J connectivity index is 1.23. The predicted molar refractivity (Wildman–Crippen MR) is 136 cm³/mol. The zero-order valence-corrected chi connectivity index (χ0v) is 20.6. The van der Waals surface area contributed by atoms with Gasteiger partial charge in [0.15, 0.2) is 0 Å². The van der Waals surface area contributed by atoms with Crippen LogP contribution >= 0.6 is 11.6 Å². The molecule has 13 heteroatoms. The summed E-state index contributed by atoms with van der Waals surface area (Å²) in [7, 11) is 0. The van der Waals surface area contributed by atoms with Crippen LogP contribution in [0.2, 0.25) is 5.02 Å². The van der Waals surface area contributed by atoms with Crippen LogP contribution in [0.15, 0.2) is 59.8 Å². The van der Waals surface area contributed by atoms with E-state index in [1.54, 1.807) is 28.8 Å². The minimum absolute atomic E-state index is 0.0458. The molecule has 1 aliphatic heterocycles. The van der Waals surface area contributed by atoms with E-state index < -0.39 is 17.8 Å². The van der Waals surface area contributed by atoms with Crippen molar-refractivity contribution < 1.29 is 8.78 Å². The van der Waals surface area contributed by atoms with Crippen LogP contribution < -0.4 is 5.56 Å². The minimum Gasteiger partial charge on any atom is -0.338 e. The molecule has 4 aromatic heterocycles. The Kier molecular flexibility index (Phi) is 4.51. The number of tetrazole rings is 1. The van der Waals surface area contributed by atoms with Crippen LogP contribution in [0, 0.1) is 17.7 Å². The lowest BCUT2D eigenvalue weighted by molar-refractivity contribution is 0.504. The van der Waals surface area contributed by atoms with Crippen molar-refractivity contribution in [1.29, 1.82) is 0 Å².